The molecule has 0 unspecified atom stereocenters. The number of rotatable bonds is 7. The quantitative estimate of drug-likeness (QED) is 0.528. The summed E-state index contributed by atoms with van der Waals surface area (Å²) in [6.07, 6.45) is 0.956. The van der Waals surface area contributed by atoms with Crippen molar-refractivity contribution < 1.29 is 19.2 Å². The van der Waals surface area contributed by atoms with E-state index in [4.69, 9.17) is 13.9 Å². The normalized spacial score (nSPS) is 10.8. The lowest BCUT2D eigenvalue weighted by Gasteiger charge is -2.07. The first-order chi connectivity index (χ1) is 12.2. The Kier molecular flexibility index (Phi) is 5.36. The van der Waals surface area contributed by atoms with Gasteiger partial charge >= 0.3 is 5.63 Å². The van der Waals surface area contributed by atoms with Crippen LogP contribution in [0.15, 0.2) is 57.7 Å². The number of benzene rings is 2. The molecule has 25 heavy (non-hydrogen) atoms. The van der Waals surface area contributed by atoms with Gasteiger partial charge in [-0.2, -0.15) is 0 Å². The van der Waals surface area contributed by atoms with E-state index < -0.39 is 0 Å². The van der Waals surface area contributed by atoms with Crippen molar-refractivity contribution in [2.75, 3.05) is 20.8 Å². The van der Waals surface area contributed by atoms with Crippen LogP contribution < -0.4 is 20.4 Å². The van der Waals surface area contributed by atoms with Crippen molar-refractivity contribution >= 4 is 11.0 Å². The minimum absolute atomic E-state index is 0.334. The SMILES string of the molecule is COc1ccc(CC[NH2+]Cc2cc(=O)oc3cc(OC)ccc23)cc1. The molecule has 3 aromatic rings. The van der Waals surface area contributed by atoms with Crippen molar-refractivity contribution in [2.24, 2.45) is 0 Å². The Balaban J connectivity index is 1.65. The van der Waals surface area contributed by atoms with Crippen molar-refractivity contribution in [1.82, 2.24) is 0 Å². The van der Waals surface area contributed by atoms with Gasteiger partial charge in [0, 0.05) is 29.5 Å². The number of quaternary nitrogens is 1. The Hall–Kier alpha value is -2.79. The van der Waals surface area contributed by atoms with Crippen LogP contribution >= 0.6 is 0 Å². The Bertz CT molecular complexity index is 900. The molecule has 0 saturated heterocycles. The standard InChI is InChI=1S/C20H21NO4/c1-23-16-5-3-14(4-6-16)9-10-21-13-15-11-20(22)25-19-12-17(24-2)7-8-18(15)19/h3-8,11-12,21H,9-10,13H2,1-2H3/p+1. The average Bonchev–Trinajstić information content (AvgIpc) is 2.64. The number of fused-ring (bicyclic) bond motifs is 1. The van der Waals surface area contributed by atoms with Crippen LogP contribution in [0, 0.1) is 0 Å². The van der Waals surface area contributed by atoms with E-state index in [9.17, 15) is 4.79 Å². The molecule has 0 atom stereocenters. The largest absolute Gasteiger partial charge is 0.497 e. The summed E-state index contributed by atoms with van der Waals surface area (Å²) in [4.78, 5) is 11.8. The van der Waals surface area contributed by atoms with Gasteiger partial charge in [0.25, 0.3) is 0 Å². The second kappa shape index (κ2) is 7.85. The summed E-state index contributed by atoms with van der Waals surface area (Å²) >= 11 is 0. The van der Waals surface area contributed by atoms with Crippen LogP contribution in [0.3, 0.4) is 0 Å². The summed E-state index contributed by atoms with van der Waals surface area (Å²) in [6.45, 7) is 1.66. The molecule has 130 valence electrons. The molecule has 1 heterocycles. The van der Waals surface area contributed by atoms with Gasteiger partial charge in [-0.05, 0) is 29.8 Å². The molecule has 0 saturated carbocycles. The van der Waals surface area contributed by atoms with Crippen molar-refractivity contribution in [3.63, 3.8) is 0 Å². The molecule has 0 spiro atoms. The maximum absolute atomic E-state index is 11.8. The fraction of sp³-hybridized carbons (Fsp3) is 0.250. The minimum Gasteiger partial charge on any atom is -0.497 e. The fourth-order valence-corrected chi connectivity index (χ4v) is 2.82. The van der Waals surface area contributed by atoms with Crippen LogP contribution in [-0.4, -0.2) is 20.8 Å². The summed E-state index contributed by atoms with van der Waals surface area (Å²) in [5.74, 6) is 1.54. The number of hydrogen-bond acceptors (Lipinski definition) is 4. The van der Waals surface area contributed by atoms with Crippen molar-refractivity contribution in [2.45, 2.75) is 13.0 Å². The van der Waals surface area contributed by atoms with E-state index in [2.05, 4.69) is 17.4 Å². The predicted octanol–water partition coefficient (Wildman–Crippen LogP) is 2.12. The number of hydrogen-bond donors (Lipinski definition) is 1. The maximum atomic E-state index is 11.8. The summed E-state index contributed by atoms with van der Waals surface area (Å²) in [7, 11) is 3.26. The van der Waals surface area contributed by atoms with E-state index in [1.807, 2.05) is 24.3 Å². The molecule has 0 fully saturated rings. The average molecular weight is 340 g/mol. The first-order valence-corrected chi connectivity index (χ1v) is 8.25. The van der Waals surface area contributed by atoms with E-state index in [0.717, 1.165) is 36.2 Å². The highest BCUT2D eigenvalue weighted by Crippen LogP contribution is 2.22. The zero-order valence-electron chi connectivity index (χ0n) is 14.5. The molecule has 0 aliphatic heterocycles. The molecule has 2 N–H and O–H groups in total. The number of ether oxygens (including phenoxy) is 2. The van der Waals surface area contributed by atoms with E-state index >= 15 is 0 Å². The van der Waals surface area contributed by atoms with E-state index in [1.54, 1.807) is 26.4 Å². The summed E-state index contributed by atoms with van der Waals surface area (Å²) in [5, 5.41) is 3.14. The molecule has 5 nitrogen and oxygen atoms in total. The number of nitrogens with two attached hydrogens (primary N) is 1. The fourth-order valence-electron chi connectivity index (χ4n) is 2.82. The lowest BCUT2D eigenvalue weighted by Crippen LogP contribution is -2.83. The Morgan fingerprint density at radius 1 is 0.960 bits per heavy atom. The van der Waals surface area contributed by atoms with Gasteiger partial charge in [0.1, 0.15) is 23.6 Å². The van der Waals surface area contributed by atoms with Gasteiger partial charge in [0.15, 0.2) is 0 Å². The van der Waals surface area contributed by atoms with Crippen molar-refractivity contribution in [3.05, 3.63) is 70.1 Å². The zero-order chi connectivity index (χ0) is 17.6. The summed E-state index contributed by atoms with van der Waals surface area (Å²) < 4.78 is 15.6. The van der Waals surface area contributed by atoms with Crippen LogP contribution in [0.25, 0.3) is 11.0 Å². The molecule has 0 aliphatic rings. The zero-order valence-corrected chi connectivity index (χ0v) is 14.5. The third-order valence-corrected chi connectivity index (χ3v) is 4.20. The van der Waals surface area contributed by atoms with E-state index in [0.29, 0.717) is 11.3 Å². The highest BCUT2D eigenvalue weighted by Gasteiger charge is 2.08. The number of methoxy groups -OCH3 is 2. The van der Waals surface area contributed by atoms with Gasteiger partial charge in [-0.25, -0.2) is 4.79 Å². The van der Waals surface area contributed by atoms with Gasteiger partial charge < -0.3 is 19.2 Å². The van der Waals surface area contributed by atoms with Gasteiger partial charge in [0.2, 0.25) is 0 Å². The molecule has 1 aromatic heterocycles. The molecule has 0 aliphatic carbocycles. The third-order valence-electron chi connectivity index (χ3n) is 4.20. The lowest BCUT2D eigenvalue weighted by molar-refractivity contribution is -0.670. The summed E-state index contributed by atoms with van der Waals surface area (Å²) in [5.41, 5.74) is 2.47. The van der Waals surface area contributed by atoms with Gasteiger partial charge in [0.05, 0.1) is 20.8 Å². The topological polar surface area (TPSA) is 65.3 Å². The van der Waals surface area contributed by atoms with Crippen molar-refractivity contribution in [3.8, 4) is 11.5 Å². The highest BCUT2D eigenvalue weighted by molar-refractivity contribution is 5.81. The first-order valence-electron chi connectivity index (χ1n) is 8.25. The minimum atomic E-state index is -0.334. The van der Waals surface area contributed by atoms with Crippen LogP contribution in [-0.2, 0) is 13.0 Å². The second-order valence-electron chi connectivity index (χ2n) is 5.83. The predicted molar refractivity (Wildman–Crippen MR) is 96.2 cm³/mol. The lowest BCUT2D eigenvalue weighted by atomic mass is 10.1. The van der Waals surface area contributed by atoms with E-state index in [1.165, 1.54) is 5.56 Å². The molecular formula is C20H22NO4+. The van der Waals surface area contributed by atoms with Gasteiger partial charge in [-0.1, -0.05) is 12.1 Å². The maximum Gasteiger partial charge on any atom is 0.336 e. The van der Waals surface area contributed by atoms with Gasteiger partial charge in [-0.3, -0.25) is 0 Å². The van der Waals surface area contributed by atoms with Crippen LogP contribution in [0.2, 0.25) is 0 Å². The van der Waals surface area contributed by atoms with Crippen LogP contribution in [0.4, 0.5) is 0 Å². The summed E-state index contributed by atoms with van der Waals surface area (Å²) in [6, 6.07) is 15.2. The Morgan fingerprint density at radius 3 is 2.40 bits per heavy atom. The molecular weight excluding hydrogens is 318 g/mol. The van der Waals surface area contributed by atoms with Crippen LogP contribution in [0.5, 0.6) is 11.5 Å². The van der Waals surface area contributed by atoms with E-state index in [-0.39, 0.29) is 5.63 Å². The van der Waals surface area contributed by atoms with Gasteiger partial charge in [-0.15, -0.1) is 0 Å². The molecule has 0 radical (unpaired) electrons. The molecule has 0 amide bonds. The molecule has 0 bridgehead atoms. The monoisotopic (exact) mass is 340 g/mol. The second-order valence-corrected chi connectivity index (χ2v) is 5.83. The molecule has 2 aromatic carbocycles. The molecule has 5 heteroatoms. The van der Waals surface area contributed by atoms with Crippen LogP contribution in [0.1, 0.15) is 11.1 Å². The Morgan fingerprint density at radius 2 is 1.68 bits per heavy atom. The van der Waals surface area contributed by atoms with Crippen molar-refractivity contribution in [1.29, 1.82) is 0 Å². The Labute approximate surface area is 146 Å². The highest BCUT2D eigenvalue weighted by atomic mass is 16.5. The first kappa shape index (κ1) is 17.0. The molecule has 3 rings (SSSR count). The third kappa shape index (κ3) is 4.19. The smallest absolute Gasteiger partial charge is 0.336 e.